The molecule has 3 atom stereocenters. The van der Waals surface area contributed by atoms with E-state index in [0.29, 0.717) is 26.2 Å². The van der Waals surface area contributed by atoms with E-state index in [9.17, 15) is 13.2 Å². The summed E-state index contributed by atoms with van der Waals surface area (Å²) in [4.78, 5) is 14.2. The van der Waals surface area contributed by atoms with Gasteiger partial charge in [0.1, 0.15) is 0 Å². The third-order valence-corrected chi connectivity index (χ3v) is 7.38. The Morgan fingerprint density at radius 1 is 1.11 bits per heavy atom. The number of sulfonamides is 1. The molecule has 0 aromatic carbocycles. The van der Waals surface area contributed by atoms with Crippen molar-refractivity contribution in [1.29, 1.82) is 0 Å². The van der Waals surface area contributed by atoms with Crippen molar-refractivity contribution in [1.82, 2.24) is 19.8 Å². The molecule has 2 aliphatic heterocycles. The Balaban J connectivity index is 2.14. The maximum Gasteiger partial charge on any atom is 0.219 e. The van der Waals surface area contributed by atoms with E-state index in [2.05, 4.69) is 45.3 Å². The van der Waals surface area contributed by atoms with Gasteiger partial charge in [0.25, 0.3) is 0 Å². The van der Waals surface area contributed by atoms with Crippen LogP contribution in [0.1, 0.15) is 48.0 Å². The van der Waals surface area contributed by atoms with E-state index in [1.165, 1.54) is 6.26 Å². The lowest BCUT2D eigenvalue weighted by Gasteiger charge is -2.49. The van der Waals surface area contributed by atoms with Crippen molar-refractivity contribution in [3.8, 4) is 0 Å². The summed E-state index contributed by atoms with van der Waals surface area (Å²) < 4.78 is 26.2. The monoisotopic (exact) mass is 402 g/mol. The molecule has 27 heavy (non-hydrogen) atoms. The molecule has 0 aliphatic carbocycles. The van der Waals surface area contributed by atoms with Gasteiger partial charge < -0.3 is 15.5 Å². The van der Waals surface area contributed by atoms with Crippen LogP contribution in [0.5, 0.6) is 0 Å². The number of carbonyl (C=O) groups is 1. The van der Waals surface area contributed by atoms with Crippen LogP contribution in [0.4, 0.5) is 0 Å². The molecule has 8 heteroatoms. The minimum absolute atomic E-state index is 0.0134. The normalized spacial score (nSPS) is 29.0. The summed E-state index contributed by atoms with van der Waals surface area (Å²) >= 11 is 0. The summed E-state index contributed by atoms with van der Waals surface area (Å²) in [6.07, 6.45) is 2.11. The Kier molecular flexibility index (Phi) is 6.67. The molecule has 3 unspecified atom stereocenters. The van der Waals surface area contributed by atoms with Crippen LogP contribution in [0.3, 0.4) is 0 Å². The van der Waals surface area contributed by atoms with Gasteiger partial charge in [-0.2, -0.15) is 4.31 Å². The van der Waals surface area contributed by atoms with E-state index in [4.69, 9.17) is 0 Å². The number of rotatable bonds is 4. The summed E-state index contributed by atoms with van der Waals surface area (Å²) in [5, 5.41) is 6.97. The molecule has 2 rings (SSSR count). The zero-order valence-corrected chi connectivity index (χ0v) is 18.8. The molecular weight excluding hydrogens is 364 g/mol. The zero-order chi connectivity index (χ0) is 20.6. The Labute approximate surface area is 165 Å². The quantitative estimate of drug-likeness (QED) is 0.729. The van der Waals surface area contributed by atoms with Gasteiger partial charge in [0, 0.05) is 57.8 Å². The highest BCUT2D eigenvalue weighted by atomic mass is 32.2. The standard InChI is InChI=1S/C19H38N4O3S/c1-14(24)22-13-15(21-12-16(22)18(2,3)4)10-19(5,6)17-11-20-8-9-23(17)27(7,25)26/h15-17,20-21H,8-13H2,1-7H3. The van der Waals surface area contributed by atoms with Crippen molar-refractivity contribution in [3.63, 3.8) is 0 Å². The van der Waals surface area contributed by atoms with Crippen molar-refractivity contribution in [3.05, 3.63) is 0 Å². The number of piperazine rings is 2. The number of nitrogens with zero attached hydrogens (tertiary/aromatic N) is 2. The van der Waals surface area contributed by atoms with Gasteiger partial charge in [-0.1, -0.05) is 34.6 Å². The van der Waals surface area contributed by atoms with E-state index in [1.54, 1.807) is 11.2 Å². The number of amides is 1. The number of carbonyl (C=O) groups excluding carboxylic acids is 1. The lowest BCUT2D eigenvalue weighted by molar-refractivity contribution is -0.136. The van der Waals surface area contributed by atoms with Gasteiger partial charge in [0.15, 0.2) is 0 Å². The molecular formula is C19H38N4O3S. The van der Waals surface area contributed by atoms with E-state index < -0.39 is 10.0 Å². The van der Waals surface area contributed by atoms with Gasteiger partial charge in [-0.05, 0) is 17.3 Å². The molecule has 0 aromatic heterocycles. The van der Waals surface area contributed by atoms with Gasteiger partial charge in [-0.25, -0.2) is 8.42 Å². The molecule has 0 bridgehead atoms. The van der Waals surface area contributed by atoms with Gasteiger partial charge in [-0.15, -0.1) is 0 Å². The van der Waals surface area contributed by atoms with Crippen LogP contribution in [0.2, 0.25) is 0 Å². The second kappa shape index (κ2) is 7.97. The first-order valence-corrected chi connectivity index (χ1v) is 11.8. The molecule has 2 saturated heterocycles. The fourth-order valence-electron chi connectivity index (χ4n) is 4.60. The molecule has 2 aliphatic rings. The molecule has 1 amide bonds. The Hall–Kier alpha value is -0.700. The molecule has 0 radical (unpaired) electrons. The van der Waals surface area contributed by atoms with Crippen molar-refractivity contribution in [2.24, 2.45) is 10.8 Å². The van der Waals surface area contributed by atoms with Crippen molar-refractivity contribution in [2.75, 3.05) is 39.0 Å². The first kappa shape index (κ1) is 22.6. The molecule has 2 fully saturated rings. The highest BCUT2D eigenvalue weighted by Gasteiger charge is 2.43. The highest BCUT2D eigenvalue weighted by Crippen LogP contribution is 2.35. The average Bonchev–Trinajstić information content (AvgIpc) is 2.52. The summed E-state index contributed by atoms with van der Waals surface area (Å²) in [5.41, 5.74) is -0.204. The molecule has 0 aromatic rings. The third kappa shape index (κ3) is 5.43. The number of hydrogen-bond acceptors (Lipinski definition) is 5. The lowest BCUT2D eigenvalue weighted by atomic mass is 9.76. The number of hydrogen-bond donors (Lipinski definition) is 2. The minimum atomic E-state index is -3.24. The lowest BCUT2D eigenvalue weighted by Crippen LogP contribution is -2.64. The van der Waals surface area contributed by atoms with Crippen LogP contribution in [-0.4, -0.2) is 80.6 Å². The van der Waals surface area contributed by atoms with Crippen LogP contribution < -0.4 is 10.6 Å². The molecule has 2 heterocycles. The third-order valence-electron chi connectivity index (χ3n) is 6.09. The van der Waals surface area contributed by atoms with Crippen LogP contribution in [0, 0.1) is 10.8 Å². The number of nitrogens with one attached hydrogen (secondary N) is 2. The summed E-state index contributed by atoms with van der Waals surface area (Å²) in [5.74, 6) is 0.108. The largest absolute Gasteiger partial charge is 0.337 e. The smallest absolute Gasteiger partial charge is 0.219 e. The van der Waals surface area contributed by atoms with E-state index in [1.807, 2.05) is 4.90 Å². The first-order valence-electron chi connectivity index (χ1n) is 9.91. The van der Waals surface area contributed by atoms with Gasteiger partial charge in [0.2, 0.25) is 15.9 Å². The van der Waals surface area contributed by atoms with Gasteiger partial charge in [0.05, 0.1) is 6.26 Å². The van der Waals surface area contributed by atoms with Crippen molar-refractivity contribution in [2.45, 2.75) is 66.1 Å². The average molecular weight is 403 g/mol. The highest BCUT2D eigenvalue weighted by molar-refractivity contribution is 7.88. The molecule has 0 saturated carbocycles. The first-order chi connectivity index (χ1) is 12.2. The predicted octanol–water partition coefficient (Wildman–Crippen LogP) is 0.871. The van der Waals surface area contributed by atoms with Gasteiger partial charge in [-0.3, -0.25) is 4.79 Å². The van der Waals surface area contributed by atoms with Crippen LogP contribution in [-0.2, 0) is 14.8 Å². The van der Waals surface area contributed by atoms with Crippen molar-refractivity contribution < 1.29 is 13.2 Å². The second-order valence-electron chi connectivity index (χ2n) is 9.94. The van der Waals surface area contributed by atoms with E-state index >= 15 is 0 Å². The molecule has 0 spiro atoms. The minimum Gasteiger partial charge on any atom is -0.337 e. The van der Waals surface area contributed by atoms with Gasteiger partial charge >= 0.3 is 0 Å². The maximum atomic E-state index is 12.3. The predicted molar refractivity (Wildman–Crippen MR) is 109 cm³/mol. The summed E-state index contributed by atoms with van der Waals surface area (Å²) in [6, 6.07) is 0.234. The zero-order valence-electron chi connectivity index (χ0n) is 18.0. The summed E-state index contributed by atoms with van der Waals surface area (Å²) in [7, 11) is -3.24. The van der Waals surface area contributed by atoms with Crippen LogP contribution in [0.15, 0.2) is 0 Å². The molecule has 2 N–H and O–H groups in total. The fraction of sp³-hybridized carbons (Fsp3) is 0.947. The van der Waals surface area contributed by atoms with Crippen LogP contribution in [0.25, 0.3) is 0 Å². The Morgan fingerprint density at radius 3 is 2.26 bits per heavy atom. The Bertz CT molecular complexity index is 642. The second-order valence-corrected chi connectivity index (χ2v) is 11.9. The fourth-order valence-corrected chi connectivity index (χ4v) is 5.84. The van der Waals surface area contributed by atoms with E-state index in [-0.39, 0.29) is 34.9 Å². The van der Waals surface area contributed by atoms with Crippen molar-refractivity contribution >= 4 is 15.9 Å². The molecule has 7 nitrogen and oxygen atoms in total. The molecule has 158 valence electrons. The van der Waals surface area contributed by atoms with Crippen LogP contribution >= 0.6 is 0 Å². The summed E-state index contributed by atoms with van der Waals surface area (Å²) in [6.45, 7) is 15.7. The Morgan fingerprint density at radius 2 is 1.74 bits per heavy atom. The topological polar surface area (TPSA) is 81.8 Å². The SMILES string of the molecule is CC(=O)N1CC(CC(C)(C)C2CNCCN2S(C)(=O)=O)NCC1C(C)(C)C. The maximum absolute atomic E-state index is 12.3. The van der Waals surface area contributed by atoms with E-state index in [0.717, 1.165) is 13.0 Å².